The number of benzene rings is 3. The SMILES string of the molecule is CCN(CC)c1ccc(C(c2ccccc2)N2CCN(c3ccc(Cl)cc3)CC2)c(O)c1. The van der Waals surface area contributed by atoms with Crippen LogP contribution in [0.25, 0.3) is 0 Å². The molecule has 1 aliphatic rings. The lowest BCUT2D eigenvalue weighted by Gasteiger charge is -2.41. The molecule has 5 heteroatoms. The molecule has 1 atom stereocenters. The van der Waals surface area contributed by atoms with E-state index in [1.165, 1.54) is 11.3 Å². The molecule has 1 aliphatic heterocycles. The minimum atomic E-state index is 0.0225. The Morgan fingerprint density at radius 3 is 2.12 bits per heavy atom. The van der Waals surface area contributed by atoms with Gasteiger partial charge < -0.3 is 14.9 Å². The maximum Gasteiger partial charge on any atom is 0.122 e. The van der Waals surface area contributed by atoms with Crippen LogP contribution in [0.4, 0.5) is 11.4 Å². The third-order valence-corrected chi connectivity index (χ3v) is 6.68. The molecule has 4 nitrogen and oxygen atoms in total. The second kappa shape index (κ2) is 10.3. The summed E-state index contributed by atoms with van der Waals surface area (Å²) < 4.78 is 0. The zero-order valence-corrected chi connectivity index (χ0v) is 19.7. The van der Waals surface area contributed by atoms with Crippen LogP contribution in [0.5, 0.6) is 5.75 Å². The third-order valence-electron chi connectivity index (χ3n) is 6.42. The summed E-state index contributed by atoms with van der Waals surface area (Å²) >= 11 is 6.06. The summed E-state index contributed by atoms with van der Waals surface area (Å²) in [7, 11) is 0. The van der Waals surface area contributed by atoms with Crippen molar-refractivity contribution in [2.24, 2.45) is 0 Å². The van der Waals surface area contributed by atoms with Gasteiger partial charge in [-0.05, 0) is 49.7 Å². The topological polar surface area (TPSA) is 30.0 Å². The largest absolute Gasteiger partial charge is 0.508 e. The highest BCUT2D eigenvalue weighted by Crippen LogP contribution is 2.37. The Morgan fingerprint density at radius 1 is 0.875 bits per heavy atom. The van der Waals surface area contributed by atoms with Crippen molar-refractivity contribution in [2.75, 3.05) is 49.1 Å². The van der Waals surface area contributed by atoms with E-state index in [0.717, 1.165) is 55.5 Å². The molecule has 1 fully saturated rings. The molecule has 0 spiro atoms. The van der Waals surface area contributed by atoms with Gasteiger partial charge in [-0.15, -0.1) is 0 Å². The average molecular weight is 450 g/mol. The molecule has 0 aliphatic carbocycles. The first-order chi connectivity index (χ1) is 15.6. The zero-order valence-electron chi connectivity index (χ0n) is 18.9. The van der Waals surface area contributed by atoms with Crippen molar-refractivity contribution in [1.29, 1.82) is 0 Å². The Morgan fingerprint density at radius 2 is 1.53 bits per heavy atom. The molecule has 3 aromatic carbocycles. The Bertz CT molecular complexity index is 997. The van der Waals surface area contributed by atoms with E-state index >= 15 is 0 Å². The monoisotopic (exact) mass is 449 g/mol. The standard InChI is InChI=1S/C27H32ClN3O/c1-3-29(4-2)24-14-15-25(26(32)20-24)27(21-8-6-5-7-9-21)31-18-16-30(17-19-31)23-12-10-22(28)11-13-23/h5-15,20,27,32H,3-4,16-19H2,1-2H3. The Labute approximate surface area is 196 Å². The molecule has 32 heavy (non-hydrogen) atoms. The molecule has 168 valence electrons. The Balaban J connectivity index is 1.59. The van der Waals surface area contributed by atoms with Gasteiger partial charge in [-0.1, -0.05) is 48.0 Å². The van der Waals surface area contributed by atoms with Crippen molar-refractivity contribution >= 4 is 23.0 Å². The lowest BCUT2D eigenvalue weighted by atomic mass is 9.95. The number of nitrogens with zero attached hydrogens (tertiary/aromatic N) is 3. The normalized spacial score (nSPS) is 15.5. The Kier molecular flexibility index (Phi) is 7.23. The van der Waals surface area contributed by atoms with E-state index in [1.807, 2.05) is 24.3 Å². The third kappa shape index (κ3) is 4.87. The van der Waals surface area contributed by atoms with Gasteiger partial charge in [0.25, 0.3) is 0 Å². The molecule has 1 heterocycles. The number of piperazine rings is 1. The second-order valence-corrected chi connectivity index (χ2v) is 8.66. The number of rotatable bonds is 7. The van der Waals surface area contributed by atoms with Crippen molar-refractivity contribution in [1.82, 2.24) is 4.90 Å². The average Bonchev–Trinajstić information content (AvgIpc) is 2.83. The first kappa shape index (κ1) is 22.5. The predicted molar refractivity (Wildman–Crippen MR) is 135 cm³/mol. The summed E-state index contributed by atoms with van der Waals surface area (Å²) in [6, 6.07) is 24.8. The fraction of sp³-hybridized carbons (Fsp3) is 0.333. The summed E-state index contributed by atoms with van der Waals surface area (Å²) in [5.41, 5.74) is 4.44. The smallest absolute Gasteiger partial charge is 0.122 e. The predicted octanol–water partition coefficient (Wildman–Crippen LogP) is 5.80. The van der Waals surface area contributed by atoms with Gasteiger partial charge in [0.15, 0.2) is 0 Å². The van der Waals surface area contributed by atoms with Gasteiger partial charge in [0.05, 0.1) is 6.04 Å². The van der Waals surface area contributed by atoms with Crippen LogP contribution < -0.4 is 9.80 Å². The van der Waals surface area contributed by atoms with E-state index < -0.39 is 0 Å². The van der Waals surface area contributed by atoms with Crippen molar-refractivity contribution in [3.05, 3.63) is 88.9 Å². The highest BCUT2D eigenvalue weighted by Gasteiger charge is 2.28. The van der Waals surface area contributed by atoms with Crippen molar-refractivity contribution in [2.45, 2.75) is 19.9 Å². The fourth-order valence-electron chi connectivity index (χ4n) is 4.66. The number of phenols is 1. The van der Waals surface area contributed by atoms with E-state index in [0.29, 0.717) is 5.75 Å². The van der Waals surface area contributed by atoms with E-state index in [-0.39, 0.29) is 6.04 Å². The van der Waals surface area contributed by atoms with E-state index in [2.05, 4.69) is 77.1 Å². The van der Waals surface area contributed by atoms with Gasteiger partial charge in [0, 0.05) is 67.3 Å². The van der Waals surface area contributed by atoms with Gasteiger partial charge in [-0.25, -0.2) is 0 Å². The maximum atomic E-state index is 11.1. The summed E-state index contributed by atoms with van der Waals surface area (Å²) in [6.07, 6.45) is 0. The highest BCUT2D eigenvalue weighted by molar-refractivity contribution is 6.30. The van der Waals surface area contributed by atoms with E-state index in [1.54, 1.807) is 0 Å². The second-order valence-electron chi connectivity index (χ2n) is 8.23. The molecule has 1 saturated heterocycles. The number of phenolic OH excluding ortho intramolecular Hbond substituents is 1. The number of halogens is 1. The van der Waals surface area contributed by atoms with Crippen molar-refractivity contribution < 1.29 is 5.11 Å². The molecule has 0 amide bonds. The molecule has 0 aromatic heterocycles. The minimum Gasteiger partial charge on any atom is -0.508 e. The van der Waals surface area contributed by atoms with Gasteiger partial charge in [-0.3, -0.25) is 4.90 Å². The quantitative estimate of drug-likeness (QED) is 0.493. The van der Waals surface area contributed by atoms with E-state index in [4.69, 9.17) is 11.6 Å². The molecule has 1 unspecified atom stereocenters. The molecule has 4 rings (SSSR count). The first-order valence-corrected chi connectivity index (χ1v) is 11.9. The zero-order chi connectivity index (χ0) is 22.5. The van der Waals surface area contributed by atoms with Crippen LogP contribution in [0.2, 0.25) is 5.02 Å². The van der Waals surface area contributed by atoms with Crippen LogP contribution in [-0.2, 0) is 0 Å². The summed E-state index contributed by atoms with van der Waals surface area (Å²) in [5.74, 6) is 0.364. The van der Waals surface area contributed by atoms with E-state index in [9.17, 15) is 5.11 Å². The Hall–Kier alpha value is -2.69. The van der Waals surface area contributed by atoms with Crippen LogP contribution in [0.1, 0.15) is 31.0 Å². The van der Waals surface area contributed by atoms with Crippen LogP contribution in [-0.4, -0.2) is 49.3 Å². The number of aromatic hydroxyl groups is 1. The number of hydrogen-bond acceptors (Lipinski definition) is 4. The summed E-state index contributed by atoms with van der Waals surface area (Å²) in [5, 5.41) is 11.8. The highest BCUT2D eigenvalue weighted by atomic mass is 35.5. The molecular weight excluding hydrogens is 418 g/mol. The number of anilines is 2. The molecule has 0 saturated carbocycles. The van der Waals surface area contributed by atoms with Gasteiger partial charge in [0.1, 0.15) is 5.75 Å². The van der Waals surface area contributed by atoms with Crippen molar-refractivity contribution in [3.8, 4) is 5.75 Å². The molecule has 0 radical (unpaired) electrons. The number of hydrogen-bond donors (Lipinski definition) is 1. The fourth-order valence-corrected chi connectivity index (χ4v) is 4.79. The van der Waals surface area contributed by atoms with Crippen LogP contribution in [0.15, 0.2) is 72.8 Å². The molecule has 1 N–H and O–H groups in total. The first-order valence-electron chi connectivity index (χ1n) is 11.5. The lowest BCUT2D eigenvalue weighted by Crippen LogP contribution is -2.48. The molecule has 0 bridgehead atoms. The van der Waals surface area contributed by atoms with Crippen LogP contribution in [0.3, 0.4) is 0 Å². The van der Waals surface area contributed by atoms with Gasteiger partial charge >= 0.3 is 0 Å². The van der Waals surface area contributed by atoms with Crippen molar-refractivity contribution in [3.63, 3.8) is 0 Å². The summed E-state index contributed by atoms with van der Waals surface area (Å²) in [6.45, 7) is 9.82. The lowest BCUT2D eigenvalue weighted by molar-refractivity contribution is 0.209. The van der Waals surface area contributed by atoms with Gasteiger partial charge in [0.2, 0.25) is 0 Å². The molecule has 3 aromatic rings. The molecular formula is C27H32ClN3O. The van der Waals surface area contributed by atoms with Gasteiger partial charge in [-0.2, -0.15) is 0 Å². The van der Waals surface area contributed by atoms with Crippen LogP contribution >= 0.6 is 11.6 Å². The summed E-state index contributed by atoms with van der Waals surface area (Å²) in [4.78, 5) is 7.14. The van der Waals surface area contributed by atoms with Crippen LogP contribution in [0, 0.1) is 0 Å². The maximum absolute atomic E-state index is 11.1. The minimum absolute atomic E-state index is 0.0225.